The Balaban J connectivity index is 2.14. The predicted octanol–water partition coefficient (Wildman–Crippen LogP) is 3.94. The maximum atomic E-state index is 12.7. The molecule has 23 heavy (non-hydrogen) atoms. The fraction of sp³-hybridized carbons (Fsp3) is 0.375. The Hall–Kier alpha value is -1.01. The number of aromatic nitrogens is 1. The molecular formula is C16H18Cl2N2O2S. The fourth-order valence-corrected chi connectivity index (χ4v) is 5.24. The van der Waals surface area contributed by atoms with Gasteiger partial charge in [0, 0.05) is 35.0 Å². The van der Waals surface area contributed by atoms with Crippen LogP contribution in [0.25, 0.3) is 0 Å². The highest BCUT2D eigenvalue weighted by atomic mass is 35.5. The number of rotatable bonds is 4. The molecule has 0 radical (unpaired) electrons. The van der Waals surface area contributed by atoms with Gasteiger partial charge in [0.25, 0.3) is 0 Å². The molecule has 1 aromatic heterocycles. The van der Waals surface area contributed by atoms with Crippen LogP contribution in [0.15, 0.2) is 36.5 Å². The Labute approximate surface area is 146 Å². The summed E-state index contributed by atoms with van der Waals surface area (Å²) in [5.74, 6) is 0.134. The van der Waals surface area contributed by atoms with Gasteiger partial charge in [-0.1, -0.05) is 36.2 Å². The zero-order valence-corrected chi connectivity index (χ0v) is 15.1. The van der Waals surface area contributed by atoms with Crippen LogP contribution in [0.3, 0.4) is 0 Å². The van der Waals surface area contributed by atoms with E-state index < -0.39 is 16.1 Å². The van der Waals surface area contributed by atoms with Crippen LogP contribution in [0.1, 0.15) is 30.6 Å². The maximum Gasteiger partial charge on any atom is 0.215 e. The molecule has 0 amide bonds. The SMILES string of the molecule is CCCS(=O)(=O)N1CCn2cccc2C1c1ccc(Cl)cc1Cl. The van der Waals surface area contributed by atoms with E-state index in [9.17, 15) is 8.42 Å². The summed E-state index contributed by atoms with van der Waals surface area (Å²) < 4.78 is 29.1. The number of fused-ring (bicyclic) bond motifs is 1. The molecule has 3 rings (SSSR count). The molecule has 1 aromatic carbocycles. The molecule has 0 aliphatic carbocycles. The van der Waals surface area contributed by atoms with Crippen molar-refractivity contribution in [3.8, 4) is 0 Å². The third kappa shape index (κ3) is 3.15. The minimum absolute atomic E-state index is 0.134. The summed E-state index contributed by atoms with van der Waals surface area (Å²) in [6.07, 6.45) is 2.55. The molecular weight excluding hydrogens is 355 g/mol. The monoisotopic (exact) mass is 372 g/mol. The Kier molecular flexibility index (Phi) is 4.74. The van der Waals surface area contributed by atoms with Gasteiger partial charge >= 0.3 is 0 Å². The van der Waals surface area contributed by atoms with Crippen molar-refractivity contribution in [3.05, 3.63) is 57.8 Å². The molecule has 4 nitrogen and oxygen atoms in total. The minimum atomic E-state index is -3.35. The second-order valence-corrected chi connectivity index (χ2v) is 8.51. The number of sulfonamides is 1. The predicted molar refractivity (Wildman–Crippen MR) is 93.5 cm³/mol. The van der Waals surface area contributed by atoms with E-state index in [-0.39, 0.29) is 5.75 Å². The molecule has 1 atom stereocenters. The van der Waals surface area contributed by atoms with Crippen LogP contribution in [0.5, 0.6) is 0 Å². The number of halogens is 2. The summed E-state index contributed by atoms with van der Waals surface area (Å²) in [6, 6.07) is 8.68. The van der Waals surface area contributed by atoms with Crippen molar-refractivity contribution in [1.82, 2.24) is 8.87 Å². The van der Waals surface area contributed by atoms with E-state index in [4.69, 9.17) is 23.2 Å². The van der Waals surface area contributed by atoms with Crippen LogP contribution in [0, 0.1) is 0 Å². The summed E-state index contributed by atoms with van der Waals surface area (Å²) in [7, 11) is -3.35. The van der Waals surface area contributed by atoms with Crippen molar-refractivity contribution in [2.45, 2.75) is 25.9 Å². The molecule has 7 heteroatoms. The third-order valence-corrected chi connectivity index (χ3v) is 6.67. The molecule has 2 aromatic rings. The first-order chi connectivity index (χ1) is 10.9. The molecule has 0 bridgehead atoms. The van der Waals surface area contributed by atoms with Gasteiger partial charge in [0.15, 0.2) is 0 Å². The molecule has 0 spiro atoms. The molecule has 1 aliphatic heterocycles. The minimum Gasteiger partial charge on any atom is -0.348 e. The van der Waals surface area contributed by atoms with Crippen molar-refractivity contribution in [3.63, 3.8) is 0 Å². The van der Waals surface area contributed by atoms with Crippen molar-refractivity contribution in [1.29, 1.82) is 0 Å². The van der Waals surface area contributed by atoms with Gasteiger partial charge < -0.3 is 4.57 Å². The second-order valence-electron chi connectivity index (χ2n) is 5.62. The Morgan fingerprint density at radius 2 is 2.00 bits per heavy atom. The van der Waals surface area contributed by atoms with Gasteiger partial charge in [-0.3, -0.25) is 0 Å². The van der Waals surface area contributed by atoms with Crippen molar-refractivity contribution < 1.29 is 8.42 Å². The highest BCUT2D eigenvalue weighted by molar-refractivity contribution is 7.89. The third-order valence-electron chi connectivity index (χ3n) is 4.07. The topological polar surface area (TPSA) is 42.3 Å². The highest BCUT2D eigenvalue weighted by Gasteiger charge is 2.37. The molecule has 0 saturated carbocycles. The van der Waals surface area contributed by atoms with Crippen molar-refractivity contribution in [2.75, 3.05) is 12.3 Å². The zero-order chi connectivity index (χ0) is 16.6. The normalized spacial score (nSPS) is 18.8. The molecule has 0 fully saturated rings. The second kappa shape index (κ2) is 6.48. The van der Waals surface area contributed by atoms with Gasteiger partial charge in [-0.25, -0.2) is 8.42 Å². The average Bonchev–Trinajstić information content (AvgIpc) is 2.95. The number of nitrogens with zero attached hydrogens (tertiary/aromatic N) is 2. The smallest absolute Gasteiger partial charge is 0.215 e. The standard InChI is InChI=1S/C16H18Cl2N2O2S/c1-2-10-23(21,22)20-9-8-19-7-3-4-15(19)16(20)13-6-5-12(17)11-14(13)18/h3-7,11,16H,2,8-10H2,1H3. The van der Waals surface area contributed by atoms with Crippen LogP contribution in [-0.2, 0) is 16.6 Å². The first kappa shape index (κ1) is 16.8. The van der Waals surface area contributed by atoms with Crippen molar-refractivity contribution in [2.24, 2.45) is 0 Å². The average molecular weight is 373 g/mol. The van der Waals surface area contributed by atoms with Gasteiger partial charge in [-0.15, -0.1) is 0 Å². The van der Waals surface area contributed by atoms with E-state index in [1.165, 1.54) is 0 Å². The van der Waals surface area contributed by atoms with E-state index in [0.29, 0.717) is 29.6 Å². The summed E-state index contributed by atoms with van der Waals surface area (Å²) in [5, 5.41) is 1.02. The lowest BCUT2D eigenvalue weighted by molar-refractivity contribution is 0.298. The van der Waals surface area contributed by atoms with Gasteiger partial charge in [-0.2, -0.15) is 4.31 Å². The van der Waals surface area contributed by atoms with Gasteiger partial charge in [0.05, 0.1) is 11.8 Å². The van der Waals surface area contributed by atoms with Gasteiger partial charge in [0.2, 0.25) is 10.0 Å². The molecule has 2 heterocycles. The molecule has 124 valence electrons. The summed E-state index contributed by atoms with van der Waals surface area (Å²) in [6.45, 7) is 2.95. The molecule has 0 N–H and O–H groups in total. The number of benzene rings is 1. The van der Waals surface area contributed by atoms with Crippen LogP contribution in [0.2, 0.25) is 10.0 Å². The van der Waals surface area contributed by atoms with Gasteiger partial charge in [-0.05, 0) is 36.2 Å². The van der Waals surface area contributed by atoms with Crippen LogP contribution in [-0.4, -0.2) is 29.6 Å². The lowest BCUT2D eigenvalue weighted by atomic mass is 10.0. The maximum absolute atomic E-state index is 12.7. The molecule has 0 saturated heterocycles. The van der Waals surface area contributed by atoms with E-state index in [0.717, 1.165) is 11.3 Å². The summed E-state index contributed by atoms with van der Waals surface area (Å²) >= 11 is 12.4. The van der Waals surface area contributed by atoms with E-state index >= 15 is 0 Å². The van der Waals surface area contributed by atoms with Crippen LogP contribution in [0.4, 0.5) is 0 Å². The lowest BCUT2D eigenvalue weighted by Crippen LogP contribution is -2.43. The Morgan fingerprint density at radius 3 is 2.70 bits per heavy atom. The van der Waals surface area contributed by atoms with E-state index in [1.807, 2.05) is 31.3 Å². The van der Waals surface area contributed by atoms with Crippen molar-refractivity contribution >= 4 is 33.2 Å². The Bertz CT molecular complexity index is 817. The summed E-state index contributed by atoms with van der Waals surface area (Å²) in [4.78, 5) is 0. The number of hydrogen-bond acceptors (Lipinski definition) is 2. The molecule has 1 aliphatic rings. The summed E-state index contributed by atoms with van der Waals surface area (Å²) in [5.41, 5.74) is 1.69. The molecule has 1 unspecified atom stereocenters. The first-order valence-corrected chi connectivity index (χ1v) is 9.90. The van der Waals surface area contributed by atoms with Crippen LogP contribution < -0.4 is 0 Å². The fourth-order valence-electron chi connectivity index (χ4n) is 3.07. The zero-order valence-electron chi connectivity index (χ0n) is 12.7. The first-order valence-electron chi connectivity index (χ1n) is 7.53. The highest BCUT2D eigenvalue weighted by Crippen LogP contribution is 2.38. The van der Waals surface area contributed by atoms with Crippen LogP contribution >= 0.6 is 23.2 Å². The van der Waals surface area contributed by atoms with E-state index in [2.05, 4.69) is 4.57 Å². The lowest BCUT2D eigenvalue weighted by Gasteiger charge is -2.36. The number of hydrogen-bond donors (Lipinski definition) is 0. The van der Waals surface area contributed by atoms with Gasteiger partial charge in [0.1, 0.15) is 0 Å². The van der Waals surface area contributed by atoms with E-state index in [1.54, 1.807) is 16.4 Å². The Morgan fingerprint density at radius 1 is 1.22 bits per heavy atom. The largest absolute Gasteiger partial charge is 0.348 e. The quantitative estimate of drug-likeness (QED) is 0.815.